The van der Waals surface area contributed by atoms with Crippen LogP contribution in [0.3, 0.4) is 0 Å². The van der Waals surface area contributed by atoms with Crippen molar-refractivity contribution in [3.63, 3.8) is 0 Å². The zero-order chi connectivity index (χ0) is 5.91. The third kappa shape index (κ3) is 7.74. The van der Waals surface area contributed by atoms with Gasteiger partial charge in [-0.15, -0.1) is 0 Å². The minimum absolute atomic E-state index is 0.602. The second-order valence-corrected chi connectivity index (χ2v) is 16.9. The zero-order valence-corrected chi connectivity index (χ0v) is 8.19. The molecule has 0 aliphatic carbocycles. The van der Waals surface area contributed by atoms with Crippen LogP contribution in [0.15, 0.2) is 0 Å². The molecule has 0 N–H and O–H groups in total. The molecule has 2 heteroatoms. The predicted octanol–water partition coefficient (Wildman–Crippen LogP) is 2.34. The molecule has 0 radical (unpaired) electrons. The van der Waals surface area contributed by atoms with Crippen molar-refractivity contribution in [3.05, 3.63) is 0 Å². The molecular formula is C5H14SiYb. The molecule has 0 nitrogen and oxygen atoms in total. The summed E-state index contributed by atoms with van der Waals surface area (Å²) < 4.78 is 0.825. The standard InChI is InChI=1S/C3H9Si.C2H5.Yb/c1-4(2)3;1-2;/h1-3H3;1H2,2H3;. The van der Waals surface area contributed by atoms with E-state index in [0.717, 1.165) is 41.2 Å². The Hall–Kier alpha value is 1.74. The Bertz CT molecular complexity index is 46.5. The van der Waals surface area contributed by atoms with Crippen LogP contribution in [0, 0.1) is 41.2 Å². The van der Waals surface area contributed by atoms with Crippen LogP contribution in [0.25, 0.3) is 0 Å². The Balaban J connectivity index is 3.15. The van der Waals surface area contributed by atoms with Gasteiger partial charge >= 0.3 is 70.5 Å². The Morgan fingerprint density at radius 2 is 1.71 bits per heavy atom. The first-order chi connectivity index (χ1) is 3.06. The summed E-state index contributed by atoms with van der Waals surface area (Å²) in [7, 11) is 0. The maximum absolute atomic E-state index is 2.44. The topological polar surface area (TPSA) is 0 Å². The first kappa shape index (κ1) is 8.74. The quantitative estimate of drug-likeness (QED) is 0.679. The van der Waals surface area contributed by atoms with E-state index < -0.39 is 1.57 Å². The molecule has 0 amide bonds. The van der Waals surface area contributed by atoms with Gasteiger partial charge in [-0.3, -0.25) is 0 Å². The number of hydrogen-bond acceptors (Lipinski definition) is 0. The summed E-state index contributed by atoms with van der Waals surface area (Å²) in [4.78, 5) is 0. The van der Waals surface area contributed by atoms with Crippen LogP contribution in [0.4, 0.5) is 0 Å². The molecule has 7 heavy (non-hydrogen) atoms. The summed E-state index contributed by atoms with van der Waals surface area (Å²) in [5.74, 6) is 0. The summed E-state index contributed by atoms with van der Waals surface area (Å²) in [5.41, 5.74) is 0. The van der Waals surface area contributed by atoms with E-state index in [0.29, 0.717) is 0 Å². The van der Waals surface area contributed by atoms with Crippen molar-refractivity contribution < 1.29 is 41.2 Å². The first-order valence-corrected chi connectivity index (χ1v) is 9.58. The van der Waals surface area contributed by atoms with Crippen molar-refractivity contribution in [3.8, 4) is 0 Å². The third-order valence-corrected chi connectivity index (χ3v) is 8.41. The van der Waals surface area contributed by atoms with Crippen molar-refractivity contribution in [2.45, 2.75) is 27.7 Å². The van der Waals surface area contributed by atoms with Crippen LogP contribution < -0.4 is 0 Å². The average Bonchev–Trinajstić information content (AvgIpc) is 1.30. The molecule has 0 saturated carbocycles. The molecule has 0 rings (SSSR count). The molecular weight excluding hydrogens is 261 g/mol. The molecule has 52 valence electrons. The molecule has 0 aliphatic rings. The van der Waals surface area contributed by atoms with E-state index in [-0.39, 0.29) is 0 Å². The summed E-state index contributed by atoms with van der Waals surface area (Å²) >= 11 is 1.05. The van der Waals surface area contributed by atoms with E-state index in [1.165, 1.54) is 1.18 Å². The third-order valence-electron chi connectivity index (χ3n) is 0.378. The van der Waals surface area contributed by atoms with Gasteiger partial charge in [0.15, 0.2) is 0 Å². The van der Waals surface area contributed by atoms with E-state index >= 15 is 0 Å². The average molecular weight is 275 g/mol. The van der Waals surface area contributed by atoms with Gasteiger partial charge in [-0.25, -0.2) is 0 Å². The molecule has 0 bridgehead atoms. The van der Waals surface area contributed by atoms with Crippen molar-refractivity contribution in [1.82, 2.24) is 0 Å². The molecule has 0 saturated heterocycles. The Morgan fingerprint density at radius 3 is 1.71 bits per heavy atom. The summed E-state index contributed by atoms with van der Waals surface area (Å²) in [5, 5.41) is 0. The number of rotatable bonds is 2. The van der Waals surface area contributed by atoms with Gasteiger partial charge in [0.25, 0.3) is 0 Å². The van der Waals surface area contributed by atoms with Gasteiger partial charge in [0.2, 0.25) is 0 Å². The molecule has 0 fully saturated rings. The molecule has 0 aromatic carbocycles. The van der Waals surface area contributed by atoms with Crippen molar-refractivity contribution >= 4 is 1.57 Å². The maximum atomic E-state index is 2.44. The fraction of sp³-hybridized carbons (Fsp3) is 1.00. The van der Waals surface area contributed by atoms with E-state index in [4.69, 9.17) is 0 Å². The second-order valence-electron chi connectivity index (χ2n) is 2.18. The van der Waals surface area contributed by atoms with Gasteiger partial charge in [-0.2, -0.15) is 0 Å². The molecule has 0 heterocycles. The Kier molecular flexibility index (Phi) is 4.62. The molecule has 0 aromatic rings. The van der Waals surface area contributed by atoms with E-state index in [9.17, 15) is 0 Å². The van der Waals surface area contributed by atoms with Crippen LogP contribution in [0.5, 0.6) is 0 Å². The van der Waals surface area contributed by atoms with Crippen LogP contribution in [0.2, 0.25) is 20.8 Å². The predicted molar refractivity (Wildman–Crippen MR) is 33.8 cm³/mol. The van der Waals surface area contributed by atoms with E-state index in [2.05, 4.69) is 26.6 Å². The Labute approximate surface area is 69.2 Å². The van der Waals surface area contributed by atoms with Gasteiger partial charge in [-0.05, 0) is 0 Å². The number of hydrogen-bond donors (Lipinski definition) is 0. The normalized spacial score (nSPS) is 12.6. The van der Waals surface area contributed by atoms with E-state index in [1.54, 1.807) is 0 Å². The van der Waals surface area contributed by atoms with Crippen LogP contribution in [-0.2, 0) is 0 Å². The fourth-order valence-corrected chi connectivity index (χ4v) is 6.31. The monoisotopic (exact) mass is 276 g/mol. The first-order valence-electron chi connectivity index (χ1n) is 2.53. The Morgan fingerprint density at radius 1 is 1.29 bits per heavy atom. The molecule has 0 spiro atoms. The van der Waals surface area contributed by atoms with Crippen LogP contribution >= 0.6 is 0 Å². The molecule has 0 aromatic heterocycles. The van der Waals surface area contributed by atoms with Crippen molar-refractivity contribution in [2.75, 3.05) is 0 Å². The SMILES string of the molecule is C[CH2][Yb][Si](C)(C)C. The summed E-state index contributed by atoms with van der Waals surface area (Å²) in [6.07, 6.45) is 0. The van der Waals surface area contributed by atoms with Gasteiger partial charge in [0.1, 0.15) is 0 Å². The molecule has 0 aliphatic heterocycles. The van der Waals surface area contributed by atoms with Gasteiger partial charge < -0.3 is 0 Å². The van der Waals surface area contributed by atoms with E-state index in [1.807, 2.05) is 0 Å². The molecule has 0 atom stereocenters. The summed E-state index contributed by atoms with van der Waals surface area (Å²) in [6, 6.07) is 0. The van der Waals surface area contributed by atoms with Crippen molar-refractivity contribution in [1.29, 1.82) is 0 Å². The van der Waals surface area contributed by atoms with Gasteiger partial charge in [0, 0.05) is 0 Å². The molecule has 0 unspecified atom stereocenters. The second kappa shape index (κ2) is 3.70. The zero-order valence-electron chi connectivity index (χ0n) is 5.47. The van der Waals surface area contributed by atoms with Gasteiger partial charge in [-0.1, -0.05) is 0 Å². The summed E-state index contributed by atoms with van der Waals surface area (Å²) in [6.45, 7) is 9.60. The van der Waals surface area contributed by atoms with Crippen molar-refractivity contribution in [2.24, 2.45) is 0 Å². The minimum atomic E-state index is -0.602. The van der Waals surface area contributed by atoms with Crippen LogP contribution in [0.1, 0.15) is 6.92 Å². The fourth-order valence-electron chi connectivity index (χ4n) is 0.283. The van der Waals surface area contributed by atoms with Crippen LogP contribution in [-0.4, -0.2) is 1.57 Å². The van der Waals surface area contributed by atoms with Gasteiger partial charge in [0.05, 0.1) is 0 Å².